The van der Waals surface area contributed by atoms with Gasteiger partial charge in [-0.2, -0.15) is 0 Å². The maximum absolute atomic E-state index is 13.2. The minimum absolute atomic E-state index is 0.131. The van der Waals surface area contributed by atoms with Crippen molar-refractivity contribution in [3.8, 4) is 0 Å². The fourth-order valence-electron chi connectivity index (χ4n) is 4.25. The number of carbonyl (C=O) groups is 1. The number of nitrogens with zero attached hydrogens (tertiary/aromatic N) is 2. The molecular formula is C22H25FN2O3. The van der Waals surface area contributed by atoms with Gasteiger partial charge in [-0.15, -0.1) is 0 Å². The Labute approximate surface area is 164 Å². The van der Waals surface area contributed by atoms with E-state index in [9.17, 15) is 14.3 Å². The molecule has 0 aromatic heterocycles. The number of morpholine rings is 1. The van der Waals surface area contributed by atoms with Gasteiger partial charge in [0.2, 0.25) is 0 Å². The molecule has 0 bridgehead atoms. The second kappa shape index (κ2) is 7.99. The largest absolute Gasteiger partial charge is 0.383 e. The van der Waals surface area contributed by atoms with Crippen molar-refractivity contribution in [1.29, 1.82) is 0 Å². The molecule has 4 rings (SSSR count). The van der Waals surface area contributed by atoms with Crippen molar-refractivity contribution in [2.45, 2.75) is 18.1 Å². The van der Waals surface area contributed by atoms with E-state index in [1.165, 1.54) is 24.3 Å². The first-order valence-electron chi connectivity index (χ1n) is 9.72. The molecule has 2 atom stereocenters. The molecule has 2 aromatic carbocycles. The highest BCUT2D eigenvalue weighted by Gasteiger charge is 2.47. The Bertz CT molecular complexity index is 808. The van der Waals surface area contributed by atoms with Gasteiger partial charge in [-0.3, -0.25) is 9.69 Å². The lowest BCUT2D eigenvalue weighted by molar-refractivity contribution is -0.112. The van der Waals surface area contributed by atoms with E-state index >= 15 is 0 Å². The monoisotopic (exact) mass is 384 g/mol. The second-order valence-corrected chi connectivity index (χ2v) is 7.46. The first-order chi connectivity index (χ1) is 13.6. The third-order valence-electron chi connectivity index (χ3n) is 5.85. The van der Waals surface area contributed by atoms with Gasteiger partial charge in [0.15, 0.2) is 0 Å². The first-order valence-corrected chi connectivity index (χ1v) is 9.72. The zero-order valence-electron chi connectivity index (χ0n) is 15.8. The highest BCUT2D eigenvalue weighted by Crippen LogP contribution is 2.36. The van der Waals surface area contributed by atoms with Gasteiger partial charge in [-0.1, -0.05) is 30.3 Å². The zero-order valence-corrected chi connectivity index (χ0v) is 15.8. The van der Waals surface area contributed by atoms with Crippen molar-refractivity contribution < 1.29 is 19.0 Å². The number of ether oxygens (including phenoxy) is 1. The molecule has 0 spiro atoms. The van der Waals surface area contributed by atoms with Crippen LogP contribution in [-0.2, 0) is 10.3 Å². The van der Waals surface area contributed by atoms with Crippen LogP contribution in [0.5, 0.6) is 0 Å². The number of hydrogen-bond donors (Lipinski definition) is 1. The number of hydrogen-bond acceptors (Lipinski definition) is 4. The summed E-state index contributed by atoms with van der Waals surface area (Å²) in [5.74, 6) is -0.492. The quantitative estimate of drug-likeness (QED) is 0.882. The molecule has 2 fully saturated rings. The molecule has 0 unspecified atom stereocenters. The molecule has 28 heavy (non-hydrogen) atoms. The molecule has 5 nitrogen and oxygen atoms in total. The average molecular weight is 384 g/mol. The summed E-state index contributed by atoms with van der Waals surface area (Å²) in [5, 5.41) is 11.7. The standard InChI is InChI=1S/C22H25FN2O3/c23-19-8-6-17(7-9-19)21(26)25-11-10-22(27,18-4-2-1-3-5-18)20(16-25)24-12-14-28-15-13-24/h1-9,20,27H,10-16H2/t20-,22+/m1/s1. The van der Waals surface area contributed by atoms with E-state index in [0.29, 0.717) is 38.3 Å². The predicted molar refractivity (Wildman–Crippen MR) is 103 cm³/mol. The van der Waals surface area contributed by atoms with Gasteiger partial charge in [-0.25, -0.2) is 4.39 Å². The molecule has 148 valence electrons. The Morgan fingerprint density at radius 1 is 1.04 bits per heavy atom. The first kappa shape index (κ1) is 19.1. The van der Waals surface area contributed by atoms with E-state index in [1.54, 1.807) is 4.90 Å². The third-order valence-corrected chi connectivity index (χ3v) is 5.85. The lowest BCUT2D eigenvalue weighted by Gasteiger charge is -2.50. The topological polar surface area (TPSA) is 53.0 Å². The number of halogens is 1. The molecule has 2 aliphatic heterocycles. The minimum atomic E-state index is -1.03. The van der Waals surface area contributed by atoms with Crippen molar-refractivity contribution in [1.82, 2.24) is 9.80 Å². The number of carbonyl (C=O) groups excluding carboxylic acids is 1. The molecule has 2 saturated heterocycles. The van der Waals surface area contributed by atoms with E-state index in [2.05, 4.69) is 4.90 Å². The molecule has 1 amide bonds. The Balaban J connectivity index is 1.61. The number of benzene rings is 2. The Morgan fingerprint density at radius 3 is 2.39 bits per heavy atom. The van der Waals surface area contributed by atoms with Crippen LogP contribution in [0, 0.1) is 5.82 Å². The van der Waals surface area contributed by atoms with Gasteiger partial charge in [0.25, 0.3) is 5.91 Å². The van der Waals surface area contributed by atoms with Crippen molar-refractivity contribution in [2.75, 3.05) is 39.4 Å². The van der Waals surface area contributed by atoms with Gasteiger partial charge in [-0.05, 0) is 36.2 Å². The van der Waals surface area contributed by atoms with E-state index in [4.69, 9.17) is 4.74 Å². The van der Waals surface area contributed by atoms with E-state index < -0.39 is 5.60 Å². The lowest BCUT2D eigenvalue weighted by atomic mass is 9.79. The smallest absolute Gasteiger partial charge is 0.253 e. The maximum atomic E-state index is 13.2. The molecule has 1 N–H and O–H groups in total. The van der Waals surface area contributed by atoms with Crippen molar-refractivity contribution in [3.63, 3.8) is 0 Å². The Morgan fingerprint density at radius 2 is 1.71 bits per heavy atom. The molecule has 0 radical (unpaired) electrons. The predicted octanol–water partition coefficient (Wildman–Crippen LogP) is 2.26. The average Bonchev–Trinajstić information content (AvgIpc) is 2.75. The number of amides is 1. The van der Waals surface area contributed by atoms with Crippen LogP contribution in [0.15, 0.2) is 54.6 Å². The van der Waals surface area contributed by atoms with Crippen molar-refractivity contribution in [2.24, 2.45) is 0 Å². The van der Waals surface area contributed by atoms with Crippen LogP contribution < -0.4 is 0 Å². The van der Waals surface area contributed by atoms with Crippen LogP contribution in [0.25, 0.3) is 0 Å². The summed E-state index contributed by atoms with van der Waals surface area (Å²) in [6.45, 7) is 3.54. The van der Waals surface area contributed by atoms with Crippen molar-refractivity contribution >= 4 is 5.91 Å². The van der Waals surface area contributed by atoms with E-state index in [0.717, 1.165) is 18.7 Å². The van der Waals surface area contributed by atoms with Crippen LogP contribution in [0.4, 0.5) is 4.39 Å². The number of piperidine rings is 1. The summed E-state index contributed by atoms with van der Waals surface area (Å²) >= 11 is 0. The third kappa shape index (κ3) is 3.68. The molecule has 2 heterocycles. The molecule has 2 aromatic rings. The number of likely N-dealkylation sites (tertiary alicyclic amines) is 1. The Kier molecular flexibility index (Phi) is 5.44. The fourth-order valence-corrected chi connectivity index (χ4v) is 4.25. The van der Waals surface area contributed by atoms with Crippen molar-refractivity contribution in [3.05, 3.63) is 71.5 Å². The van der Waals surface area contributed by atoms with Gasteiger partial charge >= 0.3 is 0 Å². The summed E-state index contributed by atoms with van der Waals surface area (Å²) in [7, 11) is 0. The lowest BCUT2D eigenvalue weighted by Crippen LogP contribution is -2.63. The Hall–Kier alpha value is -2.28. The second-order valence-electron chi connectivity index (χ2n) is 7.46. The van der Waals surface area contributed by atoms with Crippen LogP contribution in [0.1, 0.15) is 22.3 Å². The van der Waals surface area contributed by atoms with Gasteiger partial charge in [0.05, 0.1) is 19.3 Å². The summed E-state index contributed by atoms with van der Waals surface area (Å²) in [6.07, 6.45) is 0.450. The SMILES string of the molecule is O=C(c1ccc(F)cc1)N1CC[C@](O)(c2ccccc2)[C@H](N2CCOCC2)C1. The zero-order chi connectivity index (χ0) is 19.6. The molecule has 6 heteroatoms. The summed E-state index contributed by atoms with van der Waals surface area (Å²) in [4.78, 5) is 17.0. The minimum Gasteiger partial charge on any atom is -0.383 e. The number of aliphatic hydroxyl groups is 1. The molecule has 0 saturated carbocycles. The molecule has 0 aliphatic carbocycles. The van der Waals surface area contributed by atoms with Gasteiger partial charge < -0.3 is 14.7 Å². The maximum Gasteiger partial charge on any atom is 0.253 e. The van der Waals surface area contributed by atoms with E-state index in [-0.39, 0.29) is 17.8 Å². The molecule has 2 aliphatic rings. The van der Waals surface area contributed by atoms with E-state index in [1.807, 2.05) is 30.3 Å². The summed E-state index contributed by atoms with van der Waals surface area (Å²) < 4.78 is 18.7. The number of rotatable bonds is 3. The van der Waals surface area contributed by atoms with Gasteiger partial charge in [0, 0.05) is 31.7 Å². The fraction of sp³-hybridized carbons (Fsp3) is 0.409. The molecular weight excluding hydrogens is 359 g/mol. The van der Waals surface area contributed by atoms with Gasteiger partial charge in [0.1, 0.15) is 11.4 Å². The highest BCUT2D eigenvalue weighted by atomic mass is 19.1. The van der Waals surface area contributed by atoms with Crippen LogP contribution >= 0.6 is 0 Å². The van der Waals surface area contributed by atoms with Crippen LogP contribution in [0.2, 0.25) is 0 Å². The normalized spacial score (nSPS) is 26.2. The summed E-state index contributed by atoms with van der Waals surface area (Å²) in [6, 6.07) is 15.1. The highest BCUT2D eigenvalue weighted by molar-refractivity contribution is 5.94. The van der Waals surface area contributed by atoms with Crippen LogP contribution in [0.3, 0.4) is 0 Å². The van der Waals surface area contributed by atoms with Crippen LogP contribution in [-0.4, -0.2) is 66.2 Å². The summed E-state index contributed by atoms with van der Waals surface area (Å²) in [5.41, 5.74) is 0.311.